The number of anilines is 1. The first-order chi connectivity index (χ1) is 16.5. The van der Waals surface area contributed by atoms with Crippen LogP contribution in [0.5, 0.6) is 0 Å². The van der Waals surface area contributed by atoms with E-state index in [-0.39, 0.29) is 6.04 Å². The Kier molecular flexibility index (Phi) is 5.42. The Hall–Kier alpha value is -3.09. The lowest BCUT2D eigenvalue weighted by atomic mass is 9.93. The van der Waals surface area contributed by atoms with Gasteiger partial charge >= 0.3 is 0 Å². The Morgan fingerprint density at radius 3 is 2.35 bits per heavy atom. The highest BCUT2D eigenvalue weighted by Gasteiger charge is 2.41. The summed E-state index contributed by atoms with van der Waals surface area (Å²) in [6.07, 6.45) is 3.94. The normalized spacial score (nSPS) is 21.8. The van der Waals surface area contributed by atoms with E-state index in [1.165, 1.54) is 11.1 Å². The molecule has 2 aliphatic carbocycles. The first-order valence-corrected chi connectivity index (χ1v) is 13.4. The van der Waals surface area contributed by atoms with Gasteiger partial charge in [-0.3, -0.25) is 0 Å². The van der Waals surface area contributed by atoms with Crippen LogP contribution < -0.4 is 10.0 Å². The summed E-state index contributed by atoms with van der Waals surface area (Å²) < 4.78 is 35.0. The number of benzene rings is 3. The number of hydrogen-bond donors (Lipinski definition) is 2. The van der Waals surface area contributed by atoms with Crippen LogP contribution in [0.4, 0.5) is 5.69 Å². The Balaban J connectivity index is 1.18. The van der Waals surface area contributed by atoms with Crippen molar-refractivity contribution in [2.45, 2.75) is 43.2 Å². The highest BCUT2D eigenvalue weighted by Crippen LogP contribution is 2.41. The summed E-state index contributed by atoms with van der Waals surface area (Å²) in [4.78, 5) is 0.341. The largest absolute Gasteiger partial charge is 0.459 e. The Bertz CT molecular complexity index is 1400. The topological polar surface area (TPSA) is 71.3 Å². The molecule has 4 aromatic rings. The van der Waals surface area contributed by atoms with Crippen molar-refractivity contribution >= 4 is 26.7 Å². The number of nitrogens with one attached hydrogen (secondary N) is 2. The zero-order valence-electron chi connectivity index (χ0n) is 18.9. The molecule has 34 heavy (non-hydrogen) atoms. The quantitative estimate of drug-likeness (QED) is 0.388. The van der Waals surface area contributed by atoms with Crippen LogP contribution in [-0.4, -0.2) is 14.5 Å². The molecule has 5 nitrogen and oxygen atoms in total. The first kappa shape index (κ1) is 21.4. The Morgan fingerprint density at radius 1 is 0.824 bits per heavy atom. The molecule has 2 aliphatic rings. The molecule has 2 N–H and O–H groups in total. The molecule has 174 valence electrons. The van der Waals surface area contributed by atoms with Gasteiger partial charge in [0, 0.05) is 17.1 Å². The first-order valence-electron chi connectivity index (χ1n) is 12.0. The third-order valence-electron chi connectivity index (χ3n) is 7.38. The molecular weight excluding hydrogens is 444 g/mol. The second kappa shape index (κ2) is 8.60. The molecular formula is C28H28N2O3S. The van der Waals surface area contributed by atoms with Crippen LogP contribution in [-0.2, 0) is 29.4 Å². The Labute approximate surface area is 200 Å². The molecule has 1 fully saturated rings. The number of hydrogen-bond acceptors (Lipinski definition) is 4. The summed E-state index contributed by atoms with van der Waals surface area (Å²) in [5.41, 5.74) is 4.63. The van der Waals surface area contributed by atoms with Crippen molar-refractivity contribution < 1.29 is 12.8 Å². The van der Waals surface area contributed by atoms with Crippen LogP contribution in [0, 0.1) is 11.8 Å². The smallest absolute Gasteiger partial charge is 0.240 e. The maximum Gasteiger partial charge on any atom is 0.240 e. The highest BCUT2D eigenvalue weighted by molar-refractivity contribution is 7.89. The summed E-state index contributed by atoms with van der Waals surface area (Å²) in [7, 11) is -3.52. The predicted octanol–water partition coefficient (Wildman–Crippen LogP) is 5.52. The third-order valence-corrected chi connectivity index (χ3v) is 8.86. The van der Waals surface area contributed by atoms with Crippen molar-refractivity contribution in [2.24, 2.45) is 11.8 Å². The Morgan fingerprint density at radius 2 is 1.56 bits per heavy atom. The fourth-order valence-corrected chi connectivity index (χ4v) is 7.07. The van der Waals surface area contributed by atoms with Crippen molar-refractivity contribution in [3.05, 3.63) is 95.7 Å². The summed E-state index contributed by atoms with van der Waals surface area (Å²) in [5, 5.41) is 4.61. The van der Waals surface area contributed by atoms with E-state index >= 15 is 0 Å². The zero-order valence-corrected chi connectivity index (χ0v) is 19.7. The van der Waals surface area contributed by atoms with Gasteiger partial charge in [0.1, 0.15) is 11.3 Å². The van der Waals surface area contributed by atoms with Crippen LogP contribution >= 0.6 is 0 Å². The summed E-state index contributed by atoms with van der Waals surface area (Å²) in [6, 6.07) is 25.4. The van der Waals surface area contributed by atoms with Gasteiger partial charge in [-0.05, 0) is 85.0 Å². The van der Waals surface area contributed by atoms with Crippen molar-refractivity contribution in [3.8, 4) is 0 Å². The summed E-state index contributed by atoms with van der Waals surface area (Å²) in [5.74, 6) is 1.56. The molecule has 2 bridgehead atoms. The minimum atomic E-state index is -3.52. The molecule has 6 rings (SSSR count). The SMILES string of the molecule is O=S(=O)(NC1C2CCC1Cc1cc(NCc3cc4ccccc4o3)ccc1C2)c1ccccc1. The second-order valence-electron chi connectivity index (χ2n) is 9.55. The molecule has 1 aromatic heterocycles. The van der Waals surface area contributed by atoms with E-state index < -0.39 is 10.0 Å². The van der Waals surface area contributed by atoms with E-state index in [1.54, 1.807) is 24.3 Å². The maximum absolute atomic E-state index is 13.0. The molecule has 3 aromatic carbocycles. The van der Waals surface area contributed by atoms with Gasteiger partial charge < -0.3 is 9.73 Å². The van der Waals surface area contributed by atoms with Gasteiger partial charge in [-0.2, -0.15) is 0 Å². The molecule has 0 radical (unpaired) electrons. The minimum Gasteiger partial charge on any atom is -0.459 e. The molecule has 0 amide bonds. The third kappa shape index (κ3) is 4.12. The fourth-order valence-electron chi connectivity index (χ4n) is 5.67. The van der Waals surface area contributed by atoms with Gasteiger partial charge in [-0.25, -0.2) is 13.1 Å². The van der Waals surface area contributed by atoms with Gasteiger partial charge in [0.25, 0.3) is 0 Å². The molecule has 1 heterocycles. The van der Waals surface area contributed by atoms with Gasteiger partial charge in [0.2, 0.25) is 10.0 Å². The van der Waals surface area contributed by atoms with Crippen LogP contribution in [0.2, 0.25) is 0 Å². The van der Waals surface area contributed by atoms with E-state index in [0.29, 0.717) is 23.3 Å². The van der Waals surface area contributed by atoms with E-state index in [9.17, 15) is 8.42 Å². The van der Waals surface area contributed by atoms with Crippen LogP contribution in [0.25, 0.3) is 11.0 Å². The van der Waals surface area contributed by atoms with Crippen LogP contribution in [0.3, 0.4) is 0 Å². The lowest BCUT2D eigenvalue weighted by Crippen LogP contribution is -2.41. The number of para-hydroxylation sites is 1. The molecule has 1 saturated carbocycles. The van der Waals surface area contributed by atoms with Gasteiger partial charge in [0.05, 0.1) is 11.4 Å². The van der Waals surface area contributed by atoms with Crippen molar-refractivity contribution in [3.63, 3.8) is 0 Å². The monoisotopic (exact) mass is 472 g/mol. The average molecular weight is 473 g/mol. The lowest BCUT2D eigenvalue weighted by molar-refractivity contribution is 0.386. The van der Waals surface area contributed by atoms with Gasteiger partial charge in [0.15, 0.2) is 0 Å². The van der Waals surface area contributed by atoms with Crippen molar-refractivity contribution in [2.75, 3.05) is 5.32 Å². The minimum absolute atomic E-state index is 0.0236. The number of sulfonamides is 1. The predicted molar refractivity (Wildman–Crippen MR) is 134 cm³/mol. The second-order valence-corrected chi connectivity index (χ2v) is 11.3. The maximum atomic E-state index is 13.0. The van der Waals surface area contributed by atoms with E-state index in [2.05, 4.69) is 40.4 Å². The molecule has 3 unspecified atom stereocenters. The van der Waals surface area contributed by atoms with Crippen LogP contribution in [0.15, 0.2) is 88.2 Å². The van der Waals surface area contributed by atoms with E-state index in [4.69, 9.17) is 4.42 Å². The molecule has 0 aliphatic heterocycles. The molecule has 0 saturated heterocycles. The number of furan rings is 1. The fraction of sp³-hybridized carbons (Fsp3) is 0.286. The number of fused-ring (bicyclic) bond motifs is 4. The van der Waals surface area contributed by atoms with Gasteiger partial charge in [-0.1, -0.05) is 42.5 Å². The molecule has 3 atom stereocenters. The number of rotatable bonds is 6. The summed E-state index contributed by atoms with van der Waals surface area (Å²) in [6.45, 7) is 0.624. The molecule has 6 heteroatoms. The van der Waals surface area contributed by atoms with E-state index in [0.717, 1.165) is 48.1 Å². The van der Waals surface area contributed by atoms with Gasteiger partial charge in [-0.15, -0.1) is 0 Å². The summed E-state index contributed by atoms with van der Waals surface area (Å²) >= 11 is 0. The highest BCUT2D eigenvalue weighted by atomic mass is 32.2. The van der Waals surface area contributed by atoms with E-state index in [1.807, 2.05) is 24.3 Å². The van der Waals surface area contributed by atoms with Crippen molar-refractivity contribution in [1.82, 2.24) is 4.72 Å². The molecule has 0 spiro atoms. The lowest BCUT2D eigenvalue weighted by Gasteiger charge is -2.23. The van der Waals surface area contributed by atoms with Crippen LogP contribution in [0.1, 0.15) is 29.7 Å². The standard InChI is InChI=1S/C28H28N2O3S/c31-34(32,26-7-2-1-3-8-26)30-28-21-10-11-22(28)15-23-16-24(13-12-19(23)14-21)29-18-25-17-20-6-4-5-9-27(20)33-25/h1-9,12-13,16-17,21-22,28-30H,10-11,14-15,18H2. The van der Waals surface area contributed by atoms with Crippen molar-refractivity contribution in [1.29, 1.82) is 0 Å². The average Bonchev–Trinajstić information content (AvgIpc) is 3.38. The zero-order chi connectivity index (χ0) is 23.1.